The largest absolute Gasteiger partial charge is 0.456 e. The van der Waals surface area contributed by atoms with Gasteiger partial charge in [-0.05, 0) is 34.4 Å². The summed E-state index contributed by atoms with van der Waals surface area (Å²) in [6, 6.07) is 3.72. The van der Waals surface area contributed by atoms with Gasteiger partial charge in [0.05, 0.1) is 25.2 Å². The molecule has 2 heterocycles. The van der Waals surface area contributed by atoms with E-state index in [1.54, 1.807) is 9.80 Å². The number of nitrogens with zero attached hydrogens (tertiary/aromatic N) is 3. The van der Waals surface area contributed by atoms with Crippen LogP contribution in [0, 0.1) is 5.92 Å². The summed E-state index contributed by atoms with van der Waals surface area (Å²) < 4.78 is 7.21. The molecule has 0 amide bonds. The number of rotatable bonds is 7. The van der Waals surface area contributed by atoms with Crippen molar-refractivity contribution in [2.45, 2.75) is 26.8 Å². The number of hydrogen-bond acceptors (Lipinski definition) is 6. The predicted octanol–water partition coefficient (Wildman–Crippen LogP) is 2.34. The van der Waals surface area contributed by atoms with Gasteiger partial charge in [0.15, 0.2) is 5.76 Å². The van der Waals surface area contributed by atoms with Crippen LogP contribution in [0.4, 0.5) is 5.13 Å². The Morgan fingerprint density at radius 2 is 2.29 bits per heavy atom. The zero-order valence-electron chi connectivity index (χ0n) is 12.5. The summed E-state index contributed by atoms with van der Waals surface area (Å²) in [6.07, 6.45) is 1.07. The van der Waals surface area contributed by atoms with Crippen LogP contribution in [-0.2, 0) is 6.54 Å². The molecule has 4 N–H and O–H groups in total. The smallest absolute Gasteiger partial charge is 0.407 e. The van der Waals surface area contributed by atoms with E-state index in [9.17, 15) is 0 Å². The van der Waals surface area contributed by atoms with Crippen molar-refractivity contribution in [2.75, 3.05) is 6.54 Å². The van der Waals surface area contributed by atoms with Crippen molar-refractivity contribution >= 4 is 23.2 Å². The molecule has 0 bridgehead atoms. The molecule has 0 aromatic carbocycles. The van der Waals surface area contributed by atoms with Crippen LogP contribution < -0.4 is 11.6 Å². The minimum atomic E-state index is 0.379. The first kappa shape index (κ1) is 15.7. The van der Waals surface area contributed by atoms with Crippen LogP contribution >= 0.6 is 11.3 Å². The number of nitrogens with two attached hydrogens (primary N) is 2. The molecule has 0 aliphatic heterocycles. The van der Waals surface area contributed by atoms with Gasteiger partial charge in [0, 0.05) is 0 Å². The van der Waals surface area contributed by atoms with Crippen molar-refractivity contribution in [3.8, 4) is 11.5 Å². The van der Waals surface area contributed by atoms with E-state index in [2.05, 4.69) is 25.5 Å². The third-order valence-corrected chi connectivity index (χ3v) is 4.19. The fourth-order valence-electron chi connectivity index (χ4n) is 1.78. The summed E-state index contributed by atoms with van der Waals surface area (Å²) in [4.78, 5) is 4.51. The van der Waals surface area contributed by atoms with Gasteiger partial charge in [0.2, 0.25) is 5.69 Å². The van der Waals surface area contributed by atoms with Crippen molar-refractivity contribution in [3.05, 3.63) is 23.3 Å². The van der Waals surface area contributed by atoms with E-state index in [1.807, 2.05) is 17.5 Å². The van der Waals surface area contributed by atoms with Crippen molar-refractivity contribution in [1.82, 2.24) is 10.1 Å². The van der Waals surface area contributed by atoms with Crippen LogP contribution in [-0.4, -0.2) is 28.0 Å². The molecule has 7 heteroatoms. The molecule has 0 spiro atoms. The van der Waals surface area contributed by atoms with Crippen LogP contribution in [0.15, 0.2) is 21.9 Å². The lowest BCUT2D eigenvalue weighted by Gasteiger charge is -2.18. The van der Waals surface area contributed by atoms with E-state index in [1.165, 1.54) is 11.3 Å². The molecule has 1 atom stereocenters. The number of furan rings is 1. The molecule has 0 saturated carbocycles. The molecular weight excluding hydrogens is 286 g/mol. The van der Waals surface area contributed by atoms with Crippen molar-refractivity contribution in [1.29, 1.82) is 0 Å². The molecule has 1 unspecified atom stereocenters. The molecule has 0 fully saturated rings. The Morgan fingerprint density at radius 3 is 2.90 bits per heavy atom. The van der Waals surface area contributed by atoms with Gasteiger partial charge in [-0.2, -0.15) is 5.12 Å². The lowest BCUT2D eigenvalue weighted by Crippen LogP contribution is -2.40. The topological polar surface area (TPSA) is 84.3 Å². The number of thiazole rings is 1. The molecular formula is C14H22N5OS+. The molecule has 2 aromatic rings. The monoisotopic (exact) mass is 308 g/mol. The van der Waals surface area contributed by atoms with Gasteiger partial charge >= 0.3 is 5.13 Å². The SMILES string of the molecule is C=[N+](c1nc(-c2ccc(CN)o2)cs1)N(N)CC(C)CC. The second-order valence-electron chi connectivity index (χ2n) is 5.02. The molecule has 0 aliphatic carbocycles. The zero-order chi connectivity index (χ0) is 15.4. The van der Waals surface area contributed by atoms with Gasteiger partial charge in [0.1, 0.15) is 5.76 Å². The summed E-state index contributed by atoms with van der Waals surface area (Å²) in [5, 5.41) is 4.23. The van der Waals surface area contributed by atoms with E-state index in [0.717, 1.165) is 29.6 Å². The number of aromatic nitrogens is 1. The van der Waals surface area contributed by atoms with Crippen molar-refractivity contribution in [2.24, 2.45) is 17.5 Å². The summed E-state index contributed by atoms with van der Waals surface area (Å²) in [7, 11) is 0. The Balaban J connectivity index is 2.10. The van der Waals surface area contributed by atoms with Crippen molar-refractivity contribution in [3.63, 3.8) is 0 Å². The number of hydrogen-bond donors (Lipinski definition) is 2. The van der Waals surface area contributed by atoms with Gasteiger partial charge in [-0.15, -0.1) is 4.68 Å². The first-order valence-electron chi connectivity index (χ1n) is 6.92. The molecule has 114 valence electrons. The van der Waals surface area contributed by atoms with Crippen molar-refractivity contribution < 1.29 is 9.10 Å². The number of hydrazone groups is 1. The lowest BCUT2D eigenvalue weighted by atomic mass is 10.1. The molecule has 2 aromatic heterocycles. The highest BCUT2D eigenvalue weighted by atomic mass is 32.1. The van der Waals surface area contributed by atoms with Gasteiger partial charge in [-0.25, -0.2) is 5.84 Å². The Kier molecular flexibility index (Phi) is 5.11. The minimum absolute atomic E-state index is 0.379. The van der Waals surface area contributed by atoms with Crippen LogP contribution in [0.25, 0.3) is 11.5 Å². The Bertz CT molecular complexity index is 606. The van der Waals surface area contributed by atoms with Gasteiger partial charge in [-0.3, -0.25) is 0 Å². The molecule has 0 saturated heterocycles. The Hall–Kier alpha value is -1.70. The lowest BCUT2D eigenvalue weighted by molar-refractivity contribution is -0.621. The Morgan fingerprint density at radius 1 is 1.52 bits per heavy atom. The number of hydrazine groups is 2. The average Bonchev–Trinajstić information content (AvgIpc) is 3.14. The standard InChI is InChI=1S/C14H22N5OS/c1-4-10(2)8-19(16)18(3)14-17-12(9-21-14)13-6-5-11(7-15)20-13/h5-6,9-10H,3-4,7-8,15-16H2,1-2H3/q+1. The third kappa shape index (κ3) is 3.69. The predicted molar refractivity (Wildman–Crippen MR) is 85.1 cm³/mol. The van der Waals surface area contributed by atoms with Crippen LogP contribution in [0.5, 0.6) is 0 Å². The van der Waals surface area contributed by atoms with E-state index >= 15 is 0 Å². The first-order valence-corrected chi connectivity index (χ1v) is 7.80. The maximum Gasteiger partial charge on any atom is 0.407 e. The van der Waals surface area contributed by atoms with E-state index in [4.69, 9.17) is 16.0 Å². The highest BCUT2D eigenvalue weighted by Gasteiger charge is 2.21. The molecule has 0 aliphatic rings. The molecule has 21 heavy (non-hydrogen) atoms. The van der Waals surface area contributed by atoms with E-state index in [0.29, 0.717) is 18.2 Å². The third-order valence-electron chi connectivity index (χ3n) is 3.33. The highest BCUT2D eigenvalue weighted by Crippen LogP contribution is 2.28. The maximum absolute atomic E-state index is 6.02. The van der Waals surface area contributed by atoms with Gasteiger partial charge in [-0.1, -0.05) is 20.3 Å². The summed E-state index contributed by atoms with van der Waals surface area (Å²) in [5.74, 6) is 7.96. The summed E-state index contributed by atoms with van der Waals surface area (Å²) in [5.41, 5.74) is 6.31. The second-order valence-corrected chi connectivity index (χ2v) is 5.86. The summed E-state index contributed by atoms with van der Waals surface area (Å²) in [6.45, 7) is 9.35. The highest BCUT2D eigenvalue weighted by molar-refractivity contribution is 7.13. The fraction of sp³-hybridized carbons (Fsp3) is 0.429. The van der Waals surface area contributed by atoms with Crippen LogP contribution in [0.2, 0.25) is 0 Å². The molecule has 6 nitrogen and oxygen atoms in total. The molecule has 0 radical (unpaired) electrons. The van der Waals surface area contributed by atoms with Gasteiger partial charge in [0.25, 0.3) is 0 Å². The Labute approximate surface area is 128 Å². The quantitative estimate of drug-likeness (QED) is 0.355. The maximum atomic E-state index is 6.02. The normalized spacial score (nSPS) is 12.4. The molecule has 2 rings (SSSR count). The van der Waals surface area contributed by atoms with Crippen LogP contribution in [0.3, 0.4) is 0 Å². The minimum Gasteiger partial charge on any atom is -0.456 e. The van der Waals surface area contributed by atoms with E-state index in [-0.39, 0.29) is 0 Å². The summed E-state index contributed by atoms with van der Waals surface area (Å²) >= 11 is 1.47. The average molecular weight is 308 g/mol. The van der Waals surface area contributed by atoms with Gasteiger partial charge < -0.3 is 10.2 Å². The van der Waals surface area contributed by atoms with E-state index < -0.39 is 0 Å². The fourth-order valence-corrected chi connectivity index (χ4v) is 2.54. The second kappa shape index (κ2) is 6.84. The van der Waals surface area contributed by atoms with Crippen LogP contribution in [0.1, 0.15) is 26.0 Å². The first-order chi connectivity index (χ1) is 10.0. The zero-order valence-corrected chi connectivity index (χ0v) is 13.3.